The summed E-state index contributed by atoms with van der Waals surface area (Å²) in [6.45, 7) is -0.134. The third-order valence-corrected chi connectivity index (χ3v) is 4.24. The van der Waals surface area contributed by atoms with E-state index in [9.17, 15) is 9.59 Å². The predicted octanol–water partition coefficient (Wildman–Crippen LogP) is 2.34. The monoisotopic (exact) mass is 352 g/mol. The Balaban J connectivity index is 2.22. The van der Waals surface area contributed by atoms with E-state index >= 15 is 0 Å². The average molecular weight is 352 g/mol. The number of amides is 1. The van der Waals surface area contributed by atoms with Gasteiger partial charge < -0.3 is 19.4 Å². The highest BCUT2D eigenvalue weighted by atomic mass is 16.5. The van der Waals surface area contributed by atoms with E-state index in [-0.39, 0.29) is 17.9 Å². The van der Waals surface area contributed by atoms with Gasteiger partial charge in [0.2, 0.25) is 0 Å². The van der Waals surface area contributed by atoms with E-state index in [2.05, 4.69) is 5.32 Å². The number of carbonyl (C=O) groups is 1. The molecule has 1 amide bonds. The summed E-state index contributed by atoms with van der Waals surface area (Å²) >= 11 is 0. The molecule has 0 saturated carbocycles. The number of likely N-dealkylation sites (N-methyl/N-ethyl adjacent to an activating group) is 1. The molecule has 1 aromatic heterocycles. The van der Waals surface area contributed by atoms with Gasteiger partial charge in [-0.2, -0.15) is 0 Å². The number of hydrogen-bond acceptors (Lipinski definition) is 4. The van der Waals surface area contributed by atoms with Crippen LogP contribution in [0.25, 0.3) is 22.2 Å². The largest absolute Gasteiger partial charge is 0.491 e. The number of nitrogens with zero attached hydrogens (tertiary/aromatic N) is 1. The molecule has 26 heavy (non-hydrogen) atoms. The molecule has 1 N–H and O–H groups in total. The van der Waals surface area contributed by atoms with Crippen LogP contribution in [0.1, 0.15) is 0 Å². The van der Waals surface area contributed by atoms with Crippen molar-refractivity contribution >= 4 is 16.8 Å². The molecule has 6 heteroatoms. The first-order valence-corrected chi connectivity index (χ1v) is 8.16. The van der Waals surface area contributed by atoms with Gasteiger partial charge in [-0.05, 0) is 17.7 Å². The molecular formula is C20H20N2O4. The molecule has 0 radical (unpaired) electrons. The summed E-state index contributed by atoms with van der Waals surface area (Å²) in [5.74, 6) is 0.576. The van der Waals surface area contributed by atoms with Crippen LogP contribution in [0, 0.1) is 0 Å². The average Bonchev–Trinajstić information content (AvgIpc) is 2.68. The molecular weight excluding hydrogens is 332 g/mol. The maximum atomic E-state index is 12.6. The van der Waals surface area contributed by atoms with Gasteiger partial charge in [0.15, 0.2) is 23.5 Å². The van der Waals surface area contributed by atoms with Gasteiger partial charge in [0.25, 0.3) is 5.91 Å². The van der Waals surface area contributed by atoms with Gasteiger partial charge in [-0.1, -0.05) is 30.3 Å². The van der Waals surface area contributed by atoms with E-state index in [0.29, 0.717) is 22.4 Å². The first-order chi connectivity index (χ1) is 12.6. The maximum absolute atomic E-state index is 12.6. The summed E-state index contributed by atoms with van der Waals surface area (Å²) in [7, 11) is 4.93. The first kappa shape index (κ1) is 17.5. The van der Waals surface area contributed by atoms with Gasteiger partial charge in [0.05, 0.1) is 18.3 Å². The van der Waals surface area contributed by atoms with Crippen molar-refractivity contribution in [3.05, 3.63) is 58.8 Å². The number of pyridine rings is 1. The molecule has 0 bridgehead atoms. The Bertz CT molecular complexity index is 1010. The number of aryl methyl sites for hydroxylation is 1. The molecule has 134 valence electrons. The zero-order chi connectivity index (χ0) is 18.7. The summed E-state index contributed by atoms with van der Waals surface area (Å²) in [5, 5.41) is 3.03. The number of hydrogen-bond donors (Lipinski definition) is 1. The second kappa shape index (κ2) is 7.31. The fourth-order valence-corrected chi connectivity index (χ4v) is 2.92. The number of rotatable bonds is 5. The van der Waals surface area contributed by atoms with Crippen LogP contribution < -0.4 is 20.2 Å². The molecule has 2 aromatic carbocycles. The fraction of sp³-hybridized carbons (Fsp3) is 0.200. The van der Waals surface area contributed by atoms with Crippen LogP contribution in [-0.4, -0.2) is 31.2 Å². The second-order valence-electron chi connectivity index (χ2n) is 5.77. The van der Waals surface area contributed by atoms with E-state index in [0.717, 1.165) is 11.3 Å². The van der Waals surface area contributed by atoms with E-state index in [1.54, 1.807) is 25.2 Å². The number of ether oxygens (including phenoxy) is 2. The standard InChI is InChI=1S/C20H20N2O4/c1-21-18(24)12-26-17-10-9-14-16(23)11-15(13-7-5-4-6-8-13)22(2)19(14)20(17)25-3/h4-11H,12H2,1-3H3,(H,21,24). The predicted molar refractivity (Wildman–Crippen MR) is 101 cm³/mol. The molecule has 0 aliphatic rings. The lowest BCUT2D eigenvalue weighted by Crippen LogP contribution is -2.25. The van der Waals surface area contributed by atoms with Crippen LogP contribution in [0.3, 0.4) is 0 Å². The number of methoxy groups -OCH3 is 1. The first-order valence-electron chi connectivity index (χ1n) is 8.16. The van der Waals surface area contributed by atoms with E-state index < -0.39 is 0 Å². The van der Waals surface area contributed by atoms with Crippen LogP contribution in [0.15, 0.2) is 53.3 Å². The zero-order valence-electron chi connectivity index (χ0n) is 14.9. The maximum Gasteiger partial charge on any atom is 0.257 e. The Morgan fingerprint density at radius 3 is 2.54 bits per heavy atom. The number of benzene rings is 2. The van der Waals surface area contributed by atoms with Crippen molar-refractivity contribution < 1.29 is 14.3 Å². The van der Waals surface area contributed by atoms with Crippen LogP contribution in [0.5, 0.6) is 11.5 Å². The SMILES string of the molecule is CNC(=O)COc1ccc2c(=O)cc(-c3ccccc3)n(C)c2c1OC. The van der Waals surface area contributed by atoms with Gasteiger partial charge in [-0.3, -0.25) is 9.59 Å². The highest BCUT2D eigenvalue weighted by Crippen LogP contribution is 2.35. The van der Waals surface area contributed by atoms with Crippen molar-refractivity contribution in [3.8, 4) is 22.8 Å². The third-order valence-electron chi connectivity index (χ3n) is 4.24. The van der Waals surface area contributed by atoms with Gasteiger partial charge in [-0.15, -0.1) is 0 Å². The lowest BCUT2D eigenvalue weighted by Gasteiger charge is -2.17. The minimum absolute atomic E-state index is 0.104. The molecule has 0 fully saturated rings. The third kappa shape index (κ3) is 3.13. The van der Waals surface area contributed by atoms with Crippen LogP contribution in [-0.2, 0) is 11.8 Å². The normalized spacial score (nSPS) is 10.6. The number of fused-ring (bicyclic) bond motifs is 1. The summed E-state index contributed by atoms with van der Waals surface area (Å²) < 4.78 is 13.0. The Morgan fingerprint density at radius 1 is 1.15 bits per heavy atom. The molecule has 0 saturated heterocycles. The van der Waals surface area contributed by atoms with Crippen molar-refractivity contribution in [2.24, 2.45) is 7.05 Å². The number of carbonyl (C=O) groups excluding carboxylic acids is 1. The second-order valence-corrected chi connectivity index (χ2v) is 5.77. The Labute approximate surface area is 151 Å². The van der Waals surface area contributed by atoms with Crippen LogP contribution in [0.2, 0.25) is 0 Å². The van der Waals surface area contributed by atoms with Gasteiger partial charge in [0.1, 0.15) is 0 Å². The molecule has 0 spiro atoms. The smallest absolute Gasteiger partial charge is 0.257 e. The molecule has 0 atom stereocenters. The Hall–Kier alpha value is -3.28. The van der Waals surface area contributed by atoms with Gasteiger partial charge in [-0.25, -0.2) is 0 Å². The number of aromatic nitrogens is 1. The van der Waals surface area contributed by atoms with Gasteiger partial charge >= 0.3 is 0 Å². The Kier molecular flexibility index (Phi) is 4.93. The van der Waals surface area contributed by atoms with Gasteiger partial charge in [0, 0.05) is 25.5 Å². The van der Waals surface area contributed by atoms with Crippen molar-refractivity contribution in [3.63, 3.8) is 0 Å². The number of nitrogens with one attached hydrogen (secondary N) is 1. The van der Waals surface area contributed by atoms with Crippen LogP contribution in [0.4, 0.5) is 0 Å². The molecule has 0 unspecified atom stereocenters. The molecule has 3 rings (SSSR count). The fourth-order valence-electron chi connectivity index (χ4n) is 2.92. The van der Waals surface area contributed by atoms with Crippen molar-refractivity contribution in [1.29, 1.82) is 0 Å². The van der Waals surface area contributed by atoms with Crippen molar-refractivity contribution in [2.75, 3.05) is 20.8 Å². The summed E-state index contributed by atoms with van der Waals surface area (Å²) in [6.07, 6.45) is 0. The zero-order valence-corrected chi connectivity index (χ0v) is 14.9. The van der Waals surface area contributed by atoms with Crippen molar-refractivity contribution in [1.82, 2.24) is 9.88 Å². The lowest BCUT2D eigenvalue weighted by atomic mass is 10.1. The summed E-state index contributed by atoms with van der Waals surface area (Å²) in [5.41, 5.74) is 2.21. The topological polar surface area (TPSA) is 69.6 Å². The highest BCUT2D eigenvalue weighted by molar-refractivity contribution is 5.90. The summed E-state index contributed by atoms with van der Waals surface area (Å²) in [4.78, 5) is 24.1. The molecule has 3 aromatic rings. The minimum Gasteiger partial charge on any atom is -0.491 e. The van der Waals surface area contributed by atoms with Crippen molar-refractivity contribution in [2.45, 2.75) is 0 Å². The molecule has 6 nitrogen and oxygen atoms in total. The van der Waals surface area contributed by atoms with E-state index in [1.807, 2.05) is 41.9 Å². The molecule has 0 aliphatic heterocycles. The Morgan fingerprint density at radius 2 is 1.88 bits per heavy atom. The minimum atomic E-state index is -0.251. The van der Waals surface area contributed by atoms with E-state index in [4.69, 9.17) is 9.47 Å². The van der Waals surface area contributed by atoms with Crippen LogP contribution >= 0.6 is 0 Å². The molecule has 1 heterocycles. The quantitative estimate of drug-likeness (QED) is 0.765. The lowest BCUT2D eigenvalue weighted by molar-refractivity contribution is -0.122. The highest BCUT2D eigenvalue weighted by Gasteiger charge is 2.17. The molecule has 0 aliphatic carbocycles. The summed E-state index contributed by atoms with van der Waals surface area (Å²) in [6, 6.07) is 14.6. The van der Waals surface area contributed by atoms with E-state index in [1.165, 1.54) is 7.11 Å².